The summed E-state index contributed by atoms with van der Waals surface area (Å²) in [7, 11) is -9.72. The van der Waals surface area contributed by atoms with E-state index in [1.54, 1.807) is 0 Å². The van der Waals surface area contributed by atoms with E-state index in [0.29, 0.717) is 6.07 Å². The fraction of sp³-hybridized carbons (Fsp3) is 0. The minimum Gasteiger partial charge on any atom is -0.744 e. The van der Waals surface area contributed by atoms with Crippen molar-refractivity contribution >= 4 is 31.6 Å². The second-order valence-corrected chi connectivity index (χ2v) is 5.60. The Morgan fingerprint density at radius 1 is 1.06 bits per heavy atom. The summed E-state index contributed by atoms with van der Waals surface area (Å²) >= 11 is 0. The molecule has 0 saturated heterocycles. The Kier molecular flexibility index (Phi) is 4.99. The van der Waals surface area contributed by atoms with Crippen LogP contribution >= 0.6 is 0 Å². The van der Waals surface area contributed by atoms with E-state index in [-0.39, 0.29) is 35.2 Å². The monoisotopic (exact) mass is 290 g/mol. The van der Waals surface area contributed by atoms with E-state index in [0.717, 1.165) is 6.07 Å². The molecular formula is C6H7N2NaO6S2. The minimum absolute atomic E-state index is 0. The maximum absolute atomic E-state index is 10.8. The van der Waals surface area contributed by atoms with Crippen LogP contribution in [0.1, 0.15) is 0 Å². The normalized spacial score (nSPS) is 11.9. The van der Waals surface area contributed by atoms with Gasteiger partial charge >= 0.3 is 29.6 Å². The van der Waals surface area contributed by atoms with E-state index in [1.165, 1.54) is 0 Å². The van der Waals surface area contributed by atoms with Gasteiger partial charge in [0, 0.05) is 5.69 Å². The summed E-state index contributed by atoms with van der Waals surface area (Å²) in [4.78, 5) is -1.90. The van der Waals surface area contributed by atoms with Crippen LogP contribution in [0.4, 0.5) is 11.4 Å². The fourth-order valence-electron chi connectivity index (χ4n) is 1.04. The molecular weight excluding hydrogens is 283 g/mol. The van der Waals surface area contributed by atoms with Gasteiger partial charge in [-0.2, -0.15) is 8.42 Å². The van der Waals surface area contributed by atoms with E-state index < -0.39 is 35.7 Å². The van der Waals surface area contributed by atoms with Gasteiger partial charge in [0.25, 0.3) is 10.1 Å². The third kappa shape index (κ3) is 3.81. The zero-order valence-corrected chi connectivity index (χ0v) is 12.2. The third-order valence-corrected chi connectivity index (χ3v) is 3.44. The molecule has 90 valence electrons. The summed E-state index contributed by atoms with van der Waals surface area (Å²) < 4.78 is 62.5. The first kappa shape index (κ1) is 16.6. The van der Waals surface area contributed by atoms with E-state index in [1.807, 2.05) is 0 Å². The molecule has 0 aliphatic heterocycles. The van der Waals surface area contributed by atoms with Crippen molar-refractivity contribution in [1.82, 2.24) is 0 Å². The fourth-order valence-corrected chi connectivity index (χ4v) is 2.44. The van der Waals surface area contributed by atoms with Gasteiger partial charge in [-0.15, -0.1) is 0 Å². The molecule has 1 rings (SSSR count). The maximum atomic E-state index is 10.8. The molecule has 17 heavy (non-hydrogen) atoms. The van der Waals surface area contributed by atoms with Crippen LogP contribution in [-0.2, 0) is 20.2 Å². The minimum atomic E-state index is -4.97. The predicted molar refractivity (Wildman–Crippen MR) is 53.0 cm³/mol. The van der Waals surface area contributed by atoms with Crippen molar-refractivity contribution in [3.05, 3.63) is 12.1 Å². The number of hydrogen-bond donors (Lipinski definition) is 3. The third-order valence-electron chi connectivity index (χ3n) is 1.67. The first-order chi connectivity index (χ1) is 7.03. The molecule has 0 amide bonds. The standard InChI is InChI=1S/C6H8N2O6S2.Na/c7-3-1-4(15(9,10)11)6(8)5(2-3)16(12,13)14;/h1-2H,7-8H2,(H,9,10,11)(H,12,13,14);/q;+1/p-1. The van der Waals surface area contributed by atoms with Crippen molar-refractivity contribution in [3.63, 3.8) is 0 Å². The zero-order valence-electron chi connectivity index (χ0n) is 8.61. The molecule has 0 aromatic heterocycles. The van der Waals surface area contributed by atoms with Gasteiger partial charge in [0.05, 0.1) is 10.6 Å². The van der Waals surface area contributed by atoms with Crippen LogP contribution in [-0.4, -0.2) is 25.9 Å². The Bertz CT molecular complexity index is 585. The summed E-state index contributed by atoms with van der Waals surface area (Å²) in [6.07, 6.45) is 0. The molecule has 0 unspecified atom stereocenters. The second kappa shape index (κ2) is 5.10. The van der Waals surface area contributed by atoms with Crippen LogP contribution in [0, 0.1) is 0 Å². The van der Waals surface area contributed by atoms with Crippen LogP contribution in [0.15, 0.2) is 21.9 Å². The smallest absolute Gasteiger partial charge is 0.744 e. The van der Waals surface area contributed by atoms with Gasteiger partial charge in [-0.05, 0) is 12.1 Å². The van der Waals surface area contributed by atoms with E-state index in [2.05, 4.69) is 0 Å². The molecule has 0 fully saturated rings. The van der Waals surface area contributed by atoms with Crippen molar-refractivity contribution < 1.29 is 55.5 Å². The number of rotatable bonds is 2. The van der Waals surface area contributed by atoms with Gasteiger partial charge in [-0.1, -0.05) is 0 Å². The van der Waals surface area contributed by atoms with Crippen LogP contribution in [0.25, 0.3) is 0 Å². The number of anilines is 2. The summed E-state index contributed by atoms with van der Waals surface area (Å²) in [5.41, 5.74) is 9.16. The van der Waals surface area contributed by atoms with E-state index in [9.17, 15) is 21.4 Å². The van der Waals surface area contributed by atoms with Crippen molar-refractivity contribution in [2.75, 3.05) is 11.5 Å². The van der Waals surface area contributed by atoms with Crippen LogP contribution in [0.3, 0.4) is 0 Å². The molecule has 1 aromatic rings. The molecule has 1 aromatic carbocycles. The van der Waals surface area contributed by atoms with Gasteiger partial charge in [0.15, 0.2) is 0 Å². The Morgan fingerprint density at radius 2 is 1.47 bits per heavy atom. The summed E-state index contributed by atoms with van der Waals surface area (Å²) in [5.74, 6) is 0. The topological polar surface area (TPSA) is 164 Å². The second-order valence-electron chi connectivity index (χ2n) is 2.86. The SMILES string of the molecule is Nc1cc(S(=O)(=O)[O-])c(N)c(S(=O)(=O)O)c1.[Na+]. The molecule has 8 nitrogen and oxygen atoms in total. The molecule has 0 radical (unpaired) electrons. The molecule has 0 aliphatic carbocycles. The largest absolute Gasteiger partial charge is 1.00 e. The van der Waals surface area contributed by atoms with Gasteiger partial charge in [-0.3, -0.25) is 4.55 Å². The summed E-state index contributed by atoms with van der Waals surface area (Å²) in [6, 6.07) is 1.46. The molecule has 0 aliphatic rings. The number of benzene rings is 1. The average Bonchev–Trinajstić information content (AvgIpc) is 2.04. The van der Waals surface area contributed by atoms with E-state index >= 15 is 0 Å². The average molecular weight is 290 g/mol. The van der Waals surface area contributed by atoms with Crippen LogP contribution in [0.2, 0.25) is 0 Å². The number of nitrogen functional groups attached to an aromatic ring is 2. The molecule has 0 bridgehead atoms. The molecule has 0 spiro atoms. The maximum Gasteiger partial charge on any atom is 1.00 e. The summed E-state index contributed by atoms with van der Waals surface area (Å²) in [5, 5.41) is 0. The van der Waals surface area contributed by atoms with Gasteiger partial charge in [0.1, 0.15) is 15.0 Å². The van der Waals surface area contributed by atoms with Crippen molar-refractivity contribution in [2.45, 2.75) is 9.79 Å². The van der Waals surface area contributed by atoms with Crippen molar-refractivity contribution in [1.29, 1.82) is 0 Å². The Morgan fingerprint density at radius 3 is 1.82 bits per heavy atom. The molecule has 0 saturated carbocycles. The summed E-state index contributed by atoms with van der Waals surface area (Å²) in [6.45, 7) is 0. The molecule has 5 N–H and O–H groups in total. The van der Waals surface area contributed by atoms with E-state index in [4.69, 9.17) is 16.0 Å². The number of hydrogen-bond acceptors (Lipinski definition) is 7. The van der Waals surface area contributed by atoms with Gasteiger partial charge < -0.3 is 16.0 Å². The van der Waals surface area contributed by atoms with Crippen molar-refractivity contribution in [3.8, 4) is 0 Å². The van der Waals surface area contributed by atoms with Crippen molar-refractivity contribution in [2.24, 2.45) is 0 Å². The Hall–Kier alpha value is -0.360. The molecule has 0 heterocycles. The first-order valence-electron chi connectivity index (χ1n) is 3.66. The van der Waals surface area contributed by atoms with Crippen LogP contribution in [0.5, 0.6) is 0 Å². The van der Waals surface area contributed by atoms with Crippen LogP contribution < -0.4 is 41.0 Å². The first-order valence-corrected chi connectivity index (χ1v) is 6.50. The van der Waals surface area contributed by atoms with Gasteiger partial charge in [-0.25, -0.2) is 8.42 Å². The predicted octanol–water partition coefficient (Wildman–Crippen LogP) is -3.99. The quantitative estimate of drug-likeness (QED) is 0.282. The number of nitrogens with two attached hydrogens (primary N) is 2. The zero-order chi connectivity index (χ0) is 12.7. The molecule has 0 atom stereocenters. The Labute approximate surface area is 120 Å². The van der Waals surface area contributed by atoms with Gasteiger partial charge in [0.2, 0.25) is 0 Å². The molecule has 11 heteroatoms. The Balaban J connectivity index is 0.00000256.